The van der Waals surface area contributed by atoms with Crippen molar-refractivity contribution >= 4 is 0 Å². The molecule has 0 bridgehead atoms. The van der Waals surface area contributed by atoms with Crippen molar-refractivity contribution in [2.75, 3.05) is 7.11 Å². The number of nitrogens with one attached hydrogen (secondary N) is 1. The lowest BCUT2D eigenvalue weighted by Gasteiger charge is -2.19. The monoisotopic (exact) mass is 271 g/mol. The number of methoxy groups -OCH3 is 1. The molecule has 0 amide bonds. The lowest BCUT2D eigenvalue weighted by molar-refractivity contribution is 0.395. The van der Waals surface area contributed by atoms with Crippen LogP contribution in [0.4, 0.5) is 0 Å². The Morgan fingerprint density at radius 1 is 1.30 bits per heavy atom. The van der Waals surface area contributed by atoms with Gasteiger partial charge < -0.3 is 4.74 Å². The van der Waals surface area contributed by atoms with E-state index in [2.05, 4.69) is 23.4 Å². The van der Waals surface area contributed by atoms with Crippen LogP contribution in [-0.2, 0) is 6.42 Å². The molecule has 0 saturated heterocycles. The number of hydrogen-bond acceptors (Lipinski definition) is 4. The highest BCUT2D eigenvalue weighted by Crippen LogP contribution is 2.28. The van der Waals surface area contributed by atoms with Crippen LogP contribution in [0.1, 0.15) is 29.3 Å². The standard InChI is InChI=1S/C16H21N3O/c1-12-6-9-16(20-2)14(11-12)15(19-17)8-7-13-5-3-4-10-18-13/h3-6,9-11,15,19H,7-8,17H2,1-2H3. The highest BCUT2D eigenvalue weighted by atomic mass is 16.5. The van der Waals surface area contributed by atoms with E-state index in [9.17, 15) is 0 Å². The van der Waals surface area contributed by atoms with Gasteiger partial charge in [0.05, 0.1) is 7.11 Å². The molecule has 4 nitrogen and oxygen atoms in total. The Hall–Kier alpha value is -1.91. The van der Waals surface area contributed by atoms with Crippen LogP contribution in [0.5, 0.6) is 5.75 Å². The van der Waals surface area contributed by atoms with Gasteiger partial charge in [-0.2, -0.15) is 0 Å². The molecule has 3 N–H and O–H groups in total. The quantitative estimate of drug-likeness (QED) is 0.626. The molecule has 0 radical (unpaired) electrons. The number of rotatable bonds is 6. The predicted octanol–water partition coefficient (Wildman–Crippen LogP) is 2.54. The Labute approximate surface area is 120 Å². The van der Waals surface area contributed by atoms with Gasteiger partial charge >= 0.3 is 0 Å². The number of nitrogens with two attached hydrogens (primary N) is 1. The van der Waals surface area contributed by atoms with Crippen LogP contribution in [0.3, 0.4) is 0 Å². The van der Waals surface area contributed by atoms with E-state index >= 15 is 0 Å². The average molecular weight is 271 g/mol. The lowest BCUT2D eigenvalue weighted by atomic mass is 9.98. The number of ether oxygens (including phenoxy) is 1. The number of aromatic nitrogens is 1. The Morgan fingerprint density at radius 2 is 2.15 bits per heavy atom. The van der Waals surface area contributed by atoms with Gasteiger partial charge in [-0.1, -0.05) is 23.8 Å². The van der Waals surface area contributed by atoms with E-state index in [1.54, 1.807) is 7.11 Å². The topological polar surface area (TPSA) is 60.2 Å². The van der Waals surface area contributed by atoms with Crippen molar-refractivity contribution in [3.63, 3.8) is 0 Å². The van der Waals surface area contributed by atoms with Crippen LogP contribution in [0.15, 0.2) is 42.6 Å². The van der Waals surface area contributed by atoms with E-state index in [4.69, 9.17) is 10.6 Å². The van der Waals surface area contributed by atoms with Crippen LogP contribution in [-0.4, -0.2) is 12.1 Å². The summed E-state index contributed by atoms with van der Waals surface area (Å²) in [5.41, 5.74) is 6.23. The second-order valence-electron chi connectivity index (χ2n) is 4.82. The van der Waals surface area contributed by atoms with Gasteiger partial charge in [-0.25, -0.2) is 0 Å². The molecule has 1 heterocycles. The second-order valence-corrected chi connectivity index (χ2v) is 4.82. The molecule has 0 aliphatic rings. The van der Waals surface area contributed by atoms with Crippen molar-refractivity contribution < 1.29 is 4.74 Å². The first-order valence-corrected chi connectivity index (χ1v) is 6.75. The van der Waals surface area contributed by atoms with Crippen molar-refractivity contribution in [3.05, 3.63) is 59.4 Å². The van der Waals surface area contributed by atoms with Crippen LogP contribution >= 0.6 is 0 Å². The Morgan fingerprint density at radius 3 is 2.80 bits per heavy atom. The van der Waals surface area contributed by atoms with E-state index in [0.29, 0.717) is 0 Å². The zero-order valence-electron chi connectivity index (χ0n) is 12.0. The minimum atomic E-state index is 0.0480. The minimum absolute atomic E-state index is 0.0480. The number of aryl methyl sites for hydroxylation is 2. The first-order chi connectivity index (χ1) is 9.74. The van der Waals surface area contributed by atoms with Crippen molar-refractivity contribution in [1.82, 2.24) is 10.4 Å². The third-order valence-electron chi connectivity index (χ3n) is 3.38. The molecule has 106 valence electrons. The van der Waals surface area contributed by atoms with E-state index in [0.717, 1.165) is 29.8 Å². The summed E-state index contributed by atoms with van der Waals surface area (Å²) in [5, 5.41) is 0. The van der Waals surface area contributed by atoms with Crippen LogP contribution in [0.2, 0.25) is 0 Å². The molecule has 0 spiro atoms. The molecule has 1 atom stereocenters. The second kappa shape index (κ2) is 7.03. The number of benzene rings is 1. The molecule has 1 aromatic heterocycles. The molecule has 20 heavy (non-hydrogen) atoms. The summed E-state index contributed by atoms with van der Waals surface area (Å²) in [6.07, 6.45) is 3.55. The predicted molar refractivity (Wildman–Crippen MR) is 80.4 cm³/mol. The van der Waals surface area contributed by atoms with Gasteiger partial charge in [0.15, 0.2) is 0 Å². The zero-order chi connectivity index (χ0) is 14.4. The fourth-order valence-electron chi connectivity index (χ4n) is 2.29. The van der Waals surface area contributed by atoms with Crippen molar-refractivity contribution in [2.24, 2.45) is 5.84 Å². The van der Waals surface area contributed by atoms with Gasteiger partial charge in [-0.15, -0.1) is 0 Å². The number of hydrazine groups is 1. The van der Waals surface area contributed by atoms with E-state index in [1.165, 1.54) is 5.56 Å². The maximum atomic E-state index is 5.72. The molecule has 0 aliphatic carbocycles. The minimum Gasteiger partial charge on any atom is -0.496 e. The van der Waals surface area contributed by atoms with E-state index in [1.807, 2.05) is 36.5 Å². The third kappa shape index (κ3) is 3.56. The molecule has 0 aliphatic heterocycles. The molecule has 4 heteroatoms. The van der Waals surface area contributed by atoms with Crippen LogP contribution < -0.4 is 16.0 Å². The van der Waals surface area contributed by atoms with Crippen LogP contribution in [0, 0.1) is 6.92 Å². The van der Waals surface area contributed by atoms with Gasteiger partial charge in [0.25, 0.3) is 0 Å². The summed E-state index contributed by atoms with van der Waals surface area (Å²) >= 11 is 0. The number of nitrogens with zero attached hydrogens (tertiary/aromatic N) is 1. The average Bonchev–Trinajstić information content (AvgIpc) is 2.49. The fourth-order valence-corrected chi connectivity index (χ4v) is 2.29. The SMILES string of the molecule is COc1ccc(C)cc1C(CCc1ccccn1)NN. The third-order valence-corrected chi connectivity index (χ3v) is 3.38. The van der Waals surface area contributed by atoms with Gasteiger partial charge in [0.2, 0.25) is 0 Å². The van der Waals surface area contributed by atoms with Gasteiger partial charge in [-0.3, -0.25) is 16.3 Å². The molecular formula is C16H21N3O. The Bertz CT molecular complexity index is 543. The Balaban J connectivity index is 2.14. The molecule has 2 rings (SSSR count). The van der Waals surface area contributed by atoms with E-state index in [-0.39, 0.29) is 6.04 Å². The Kier molecular flexibility index (Phi) is 5.09. The largest absolute Gasteiger partial charge is 0.496 e. The zero-order valence-corrected chi connectivity index (χ0v) is 12.0. The molecule has 2 aromatic rings. The summed E-state index contributed by atoms with van der Waals surface area (Å²) in [7, 11) is 1.68. The van der Waals surface area contributed by atoms with Gasteiger partial charge in [-0.05, 0) is 38.0 Å². The van der Waals surface area contributed by atoms with Crippen molar-refractivity contribution in [2.45, 2.75) is 25.8 Å². The summed E-state index contributed by atoms with van der Waals surface area (Å²) in [5.74, 6) is 6.58. The molecule has 1 aromatic carbocycles. The number of pyridine rings is 1. The number of hydrogen-bond donors (Lipinski definition) is 2. The summed E-state index contributed by atoms with van der Waals surface area (Å²) < 4.78 is 5.42. The fraction of sp³-hybridized carbons (Fsp3) is 0.312. The molecule has 0 saturated carbocycles. The molecule has 1 unspecified atom stereocenters. The smallest absolute Gasteiger partial charge is 0.123 e. The maximum absolute atomic E-state index is 5.72. The highest BCUT2D eigenvalue weighted by Gasteiger charge is 2.15. The van der Waals surface area contributed by atoms with Crippen molar-refractivity contribution in [1.29, 1.82) is 0 Å². The van der Waals surface area contributed by atoms with E-state index < -0.39 is 0 Å². The molecule has 0 fully saturated rings. The summed E-state index contributed by atoms with van der Waals surface area (Å²) in [6, 6.07) is 12.1. The van der Waals surface area contributed by atoms with Gasteiger partial charge in [0.1, 0.15) is 5.75 Å². The normalized spacial score (nSPS) is 12.2. The van der Waals surface area contributed by atoms with Crippen molar-refractivity contribution in [3.8, 4) is 5.75 Å². The maximum Gasteiger partial charge on any atom is 0.123 e. The first kappa shape index (κ1) is 14.5. The molecular weight excluding hydrogens is 250 g/mol. The first-order valence-electron chi connectivity index (χ1n) is 6.75. The highest BCUT2D eigenvalue weighted by molar-refractivity contribution is 5.39. The summed E-state index contributed by atoms with van der Waals surface area (Å²) in [6.45, 7) is 2.06. The summed E-state index contributed by atoms with van der Waals surface area (Å²) in [4.78, 5) is 4.34. The van der Waals surface area contributed by atoms with Gasteiger partial charge in [0, 0.05) is 23.5 Å². The van der Waals surface area contributed by atoms with Crippen LogP contribution in [0.25, 0.3) is 0 Å². The lowest BCUT2D eigenvalue weighted by Crippen LogP contribution is -2.29.